The van der Waals surface area contributed by atoms with Crippen molar-refractivity contribution in [2.75, 3.05) is 7.05 Å². The minimum atomic E-state index is -0.361. The zero-order valence-electron chi connectivity index (χ0n) is 9.48. The highest BCUT2D eigenvalue weighted by Gasteiger charge is 2.20. The minimum Gasteiger partial charge on any atom is -0.307 e. The normalized spacial score (nSPS) is 12.7. The van der Waals surface area contributed by atoms with E-state index in [1.807, 2.05) is 0 Å². The predicted octanol–water partition coefficient (Wildman–Crippen LogP) is 1.92. The van der Waals surface area contributed by atoms with Crippen molar-refractivity contribution in [2.24, 2.45) is 7.05 Å². The van der Waals surface area contributed by atoms with Gasteiger partial charge in [-0.3, -0.25) is 4.68 Å². The molecule has 0 aliphatic carbocycles. The molecule has 0 aliphatic heterocycles. The summed E-state index contributed by atoms with van der Waals surface area (Å²) in [4.78, 5) is 4.12. The fourth-order valence-electron chi connectivity index (χ4n) is 1.73. The summed E-state index contributed by atoms with van der Waals surface area (Å²) in [6.07, 6.45) is 1.44. The summed E-state index contributed by atoms with van der Waals surface area (Å²) in [7, 11) is 3.51. The first kappa shape index (κ1) is 12.0. The third-order valence-electron chi connectivity index (χ3n) is 2.57. The van der Waals surface area contributed by atoms with Crippen LogP contribution in [-0.2, 0) is 7.05 Å². The molecule has 1 unspecified atom stereocenters. The lowest BCUT2D eigenvalue weighted by atomic mass is 10.1. The van der Waals surface area contributed by atoms with E-state index >= 15 is 0 Å². The van der Waals surface area contributed by atoms with Crippen LogP contribution in [0.4, 0.5) is 4.39 Å². The average molecular weight is 255 g/mol. The maximum atomic E-state index is 13.8. The fourth-order valence-corrected chi connectivity index (χ4v) is 1.88. The molecule has 0 bridgehead atoms. The van der Waals surface area contributed by atoms with Crippen LogP contribution in [0.15, 0.2) is 24.5 Å². The van der Waals surface area contributed by atoms with Crippen molar-refractivity contribution in [1.82, 2.24) is 20.1 Å². The Kier molecular flexibility index (Phi) is 3.40. The molecule has 17 heavy (non-hydrogen) atoms. The van der Waals surface area contributed by atoms with Crippen LogP contribution in [-0.4, -0.2) is 21.8 Å². The van der Waals surface area contributed by atoms with Crippen LogP contribution in [0.3, 0.4) is 0 Å². The van der Waals surface area contributed by atoms with E-state index in [1.165, 1.54) is 12.4 Å². The summed E-state index contributed by atoms with van der Waals surface area (Å²) in [5, 5.41) is 7.36. The molecule has 0 saturated carbocycles. The van der Waals surface area contributed by atoms with E-state index in [9.17, 15) is 4.39 Å². The lowest BCUT2D eigenvalue weighted by molar-refractivity contribution is 0.543. The largest absolute Gasteiger partial charge is 0.307 e. The van der Waals surface area contributed by atoms with Gasteiger partial charge in [0.2, 0.25) is 0 Å². The first-order valence-corrected chi connectivity index (χ1v) is 5.47. The monoisotopic (exact) mass is 254 g/mol. The molecule has 1 N–H and O–H groups in total. The Bertz CT molecular complexity index is 526. The van der Waals surface area contributed by atoms with Gasteiger partial charge in [0.05, 0.1) is 6.04 Å². The van der Waals surface area contributed by atoms with Crippen LogP contribution in [0.25, 0.3) is 0 Å². The fraction of sp³-hybridized carbons (Fsp3) is 0.273. The number of aryl methyl sites for hydroxylation is 1. The zero-order valence-corrected chi connectivity index (χ0v) is 10.2. The first-order valence-electron chi connectivity index (χ1n) is 5.09. The van der Waals surface area contributed by atoms with Crippen LogP contribution in [0.5, 0.6) is 0 Å². The van der Waals surface area contributed by atoms with Gasteiger partial charge in [-0.2, -0.15) is 5.10 Å². The van der Waals surface area contributed by atoms with E-state index in [1.54, 1.807) is 30.9 Å². The van der Waals surface area contributed by atoms with Gasteiger partial charge < -0.3 is 5.32 Å². The van der Waals surface area contributed by atoms with Crippen LogP contribution in [0, 0.1) is 5.82 Å². The molecule has 2 rings (SSSR count). The Labute approximate surface area is 103 Å². The third-order valence-corrected chi connectivity index (χ3v) is 2.80. The van der Waals surface area contributed by atoms with E-state index in [0.29, 0.717) is 16.4 Å². The van der Waals surface area contributed by atoms with Gasteiger partial charge in [0.1, 0.15) is 18.0 Å². The van der Waals surface area contributed by atoms with Crippen molar-refractivity contribution in [3.8, 4) is 0 Å². The van der Waals surface area contributed by atoms with Gasteiger partial charge in [0.15, 0.2) is 0 Å². The van der Waals surface area contributed by atoms with Crippen molar-refractivity contribution in [2.45, 2.75) is 6.04 Å². The second kappa shape index (κ2) is 4.81. The number of nitrogens with zero attached hydrogens (tertiary/aromatic N) is 3. The molecule has 0 aliphatic rings. The number of benzene rings is 1. The highest BCUT2D eigenvalue weighted by molar-refractivity contribution is 6.30. The summed E-state index contributed by atoms with van der Waals surface area (Å²) in [6.45, 7) is 0. The summed E-state index contributed by atoms with van der Waals surface area (Å²) >= 11 is 5.73. The van der Waals surface area contributed by atoms with E-state index in [2.05, 4.69) is 15.4 Å². The van der Waals surface area contributed by atoms with Gasteiger partial charge in [-0.05, 0) is 19.2 Å². The van der Waals surface area contributed by atoms with Crippen molar-refractivity contribution in [3.63, 3.8) is 0 Å². The Hall–Kier alpha value is -1.46. The Morgan fingerprint density at radius 2 is 2.24 bits per heavy atom. The molecule has 0 radical (unpaired) electrons. The predicted molar refractivity (Wildman–Crippen MR) is 63.3 cm³/mol. The van der Waals surface area contributed by atoms with Crippen LogP contribution in [0.2, 0.25) is 5.02 Å². The lowest BCUT2D eigenvalue weighted by Gasteiger charge is -2.16. The Morgan fingerprint density at radius 1 is 1.47 bits per heavy atom. The highest BCUT2D eigenvalue weighted by Crippen LogP contribution is 2.24. The van der Waals surface area contributed by atoms with Crippen molar-refractivity contribution in [3.05, 3.63) is 46.8 Å². The molecule has 1 aromatic carbocycles. The molecule has 0 saturated heterocycles. The smallest absolute Gasteiger partial charge is 0.148 e. The summed E-state index contributed by atoms with van der Waals surface area (Å²) in [6, 6.07) is 4.24. The van der Waals surface area contributed by atoms with Gasteiger partial charge in [-0.1, -0.05) is 17.7 Å². The molecular weight excluding hydrogens is 243 g/mol. The van der Waals surface area contributed by atoms with Crippen molar-refractivity contribution in [1.29, 1.82) is 0 Å². The zero-order chi connectivity index (χ0) is 12.4. The van der Waals surface area contributed by atoms with Gasteiger partial charge in [-0.25, -0.2) is 9.37 Å². The van der Waals surface area contributed by atoms with E-state index in [0.717, 1.165) is 0 Å². The van der Waals surface area contributed by atoms with Gasteiger partial charge in [-0.15, -0.1) is 0 Å². The van der Waals surface area contributed by atoms with Gasteiger partial charge in [0.25, 0.3) is 0 Å². The number of hydrogen-bond acceptors (Lipinski definition) is 3. The molecule has 0 spiro atoms. The van der Waals surface area contributed by atoms with Crippen LogP contribution in [0.1, 0.15) is 17.4 Å². The van der Waals surface area contributed by atoms with Gasteiger partial charge in [0, 0.05) is 17.6 Å². The third kappa shape index (κ3) is 2.30. The van der Waals surface area contributed by atoms with E-state index in [4.69, 9.17) is 11.6 Å². The number of rotatable bonds is 3. The second-order valence-electron chi connectivity index (χ2n) is 3.63. The molecule has 0 amide bonds. The molecule has 90 valence electrons. The molecule has 2 aromatic rings. The van der Waals surface area contributed by atoms with Crippen LogP contribution >= 0.6 is 11.6 Å². The van der Waals surface area contributed by atoms with Crippen molar-refractivity contribution < 1.29 is 4.39 Å². The highest BCUT2D eigenvalue weighted by atomic mass is 35.5. The first-order chi connectivity index (χ1) is 8.13. The maximum Gasteiger partial charge on any atom is 0.148 e. The Balaban J connectivity index is 2.46. The minimum absolute atomic E-state index is 0.347. The molecule has 4 nitrogen and oxygen atoms in total. The molecule has 1 atom stereocenters. The summed E-state index contributed by atoms with van der Waals surface area (Å²) in [5.41, 5.74) is 0.494. The molecular formula is C11H12ClFN4. The lowest BCUT2D eigenvalue weighted by Crippen LogP contribution is -2.22. The maximum absolute atomic E-state index is 13.8. The number of hydrogen-bond donors (Lipinski definition) is 1. The molecule has 1 aromatic heterocycles. The van der Waals surface area contributed by atoms with Gasteiger partial charge >= 0.3 is 0 Å². The van der Waals surface area contributed by atoms with E-state index < -0.39 is 0 Å². The number of nitrogens with one attached hydrogen (secondary N) is 1. The van der Waals surface area contributed by atoms with Crippen LogP contribution < -0.4 is 5.32 Å². The second-order valence-corrected chi connectivity index (χ2v) is 4.07. The Morgan fingerprint density at radius 3 is 2.76 bits per heavy atom. The average Bonchev–Trinajstić information content (AvgIpc) is 2.69. The number of aromatic nitrogens is 3. The van der Waals surface area contributed by atoms with Crippen molar-refractivity contribution >= 4 is 11.6 Å². The molecule has 1 heterocycles. The SMILES string of the molecule is CNC(c1ccc(Cl)cc1F)c1ncnn1C. The number of halogens is 2. The van der Waals surface area contributed by atoms with E-state index in [-0.39, 0.29) is 11.9 Å². The quantitative estimate of drug-likeness (QED) is 0.910. The topological polar surface area (TPSA) is 42.7 Å². The standard InChI is InChI=1S/C11H12ClFN4/c1-14-10(11-15-6-16-17(11)2)8-4-3-7(12)5-9(8)13/h3-6,10,14H,1-2H3. The summed E-state index contributed by atoms with van der Waals surface area (Å²) < 4.78 is 15.4. The molecule has 0 fully saturated rings. The summed E-state index contributed by atoms with van der Waals surface area (Å²) in [5.74, 6) is 0.286. The molecule has 6 heteroatoms.